The van der Waals surface area contributed by atoms with Gasteiger partial charge >= 0.3 is 0 Å². The fourth-order valence-electron chi connectivity index (χ4n) is 4.47. The molecule has 8 nitrogen and oxygen atoms in total. The SMILES string of the molecule is O=Cc1ccc2nc(Cn3ccc4c(N5CC(c6ccncc6)C5)cncc4c3=O)cn2c1. The first-order valence-electron chi connectivity index (χ1n) is 10.7. The summed E-state index contributed by atoms with van der Waals surface area (Å²) in [5.41, 5.74) is 4.21. The van der Waals surface area contributed by atoms with Crippen LogP contribution in [-0.4, -0.2) is 43.3 Å². The van der Waals surface area contributed by atoms with Crippen LogP contribution in [0.1, 0.15) is 27.5 Å². The molecule has 6 rings (SSSR count). The molecule has 0 amide bonds. The van der Waals surface area contributed by atoms with Crippen LogP contribution >= 0.6 is 0 Å². The first-order valence-corrected chi connectivity index (χ1v) is 10.7. The Labute approximate surface area is 188 Å². The first kappa shape index (κ1) is 19.4. The minimum absolute atomic E-state index is 0.0984. The second kappa shape index (κ2) is 7.67. The van der Waals surface area contributed by atoms with E-state index in [-0.39, 0.29) is 5.56 Å². The summed E-state index contributed by atoms with van der Waals surface area (Å²) in [4.78, 5) is 39.5. The van der Waals surface area contributed by atoms with Crippen molar-refractivity contribution in [1.82, 2.24) is 23.9 Å². The molecule has 33 heavy (non-hydrogen) atoms. The molecule has 1 saturated heterocycles. The normalized spacial score (nSPS) is 14.0. The van der Waals surface area contributed by atoms with Crippen LogP contribution in [0.15, 0.2) is 78.5 Å². The Morgan fingerprint density at radius 1 is 0.970 bits per heavy atom. The minimum atomic E-state index is -0.0984. The van der Waals surface area contributed by atoms with E-state index in [1.54, 1.807) is 33.5 Å². The van der Waals surface area contributed by atoms with Crippen molar-refractivity contribution in [3.8, 4) is 0 Å². The second-order valence-corrected chi connectivity index (χ2v) is 8.33. The van der Waals surface area contributed by atoms with E-state index in [0.29, 0.717) is 23.4 Å². The van der Waals surface area contributed by atoms with Crippen LogP contribution in [-0.2, 0) is 6.54 Å². The van der Waals surface area contributed by atoms with Gasteiger partial charge in [0.15, 0.2) is 6.29 Å². The highest BCUT2D eigenvalue weighted by Gasteiger charge is 2.29. The number of carbonyl (C=O) groups is 1. The lowest BCUT2D eigenvalue weighted by atomic mass is 9.91. The van der Waals surface area contributed by atoms with Crippen LogP contribution in [0.5, 0.6) is 0 Å². The highest BCUT2D eigenvalue weighted by Crippen LogP contribution is 2.34. The molecule has 0 atom stereocenters. The summed E-state index contributed by atoms with van der Waals surface area (Å²) in [6, 6.07) is 9.61. The number of imidazole rings is 1. The Morgan fingerprint density at radius 2 is 1.82 bits per heavy atom. The van der Waals surface area contributed by atoms with Gasteiger partial charge in [-0.05, 0) is 35.9 Å². The Hall–Kier alpha value is -4.33. The molecule has 5 aromatic rings. The predicted molar refractivity (Wildman–Crippen MR) is 125 cm³/mol. The van der Waals surface area contributed by atoms with Crippen LogP contribution in [0.2, 0.25) is 0 Å². The maximum Gasteiger partial charge on any atom is 0.260 e. The van der Waals surface area contributed by atoms with Crippen LogP contribution in [0.3, 0.4) is 0 Å². The van der Waals surface area contributed by atoms with Crippen molar-refractivity contribution in [3.05, 3.63) is 101 Å². The molecular formula is C25H20N6O2. The predicted octanol–water partition coefficient (Wildman–Crippen LogP) is 2.90. The van der Waals surface area contributed by atoms with Gasteiger partial charge < -0.3 is 13.9 Å². The molecular weight excluding hydrogens is 416 g/mol. The molecule has 0 unspecified atom stereocenters. The lowest BCUT2D eigenvalue weighted by molar-refractivity contribution is 0.112. The third-order valence-electron chi connectivity index (χ3n) is 6.27. The van der Waals surface area contributed by atoms with E-state index in [1.165, 1.54) is 5.56 Å². The number of pyridine rings is 4. The average molecular weight is 436 g/mol. The molecule has 6 heterocycles. The number of fused-ring (bicyclic) bond motifs is 2. The molecule has 0 aromatic carbocycles. The van der Waals surface area contributed by atoms with Crippen LogP contribution in [0, 0.1) is 0 Å². The Morgan fingerprint density at radius 3 is 2.64 bits per heavy atom. The van der Waals surface area contributed by atoms with Crippen LogP contribution in [0.25, 0.3) is 16.4 Å². The molecule has 0 saturated carbocycles. The lowest BCUT2D eigenvalue weighted by Gasteiger charge is -2.41. The molecule has 0 aliphatic carbocycles. The van der Waals surface area contributed by atoms with Crippen molar-refractivity contribution in [2.75, 3.05) is 18.0 Å². The third-order valence-corrected chi connectivity index (χ3v) is 6.27. The van der Waals surface area contributed by atoms with Gasteiger partial charge in [-0.15, -0.1) is 0 Å². The molecule has 8 heteroatoms. The maximum atomic E-state index is 13.2. The minimum Gasteiger partial charge on any atom is -0.368 e. The van der Waals surface area contributed by atoms with E-state index in [4.69, 9.17) is 0 Å². The fraction of sp³-hybridized carbons (Fsp3) is 0.160. The smallest absolute Gasteiger partial charge is 0.260 e. The Kier molecular flexibility index (Phi) is 4.50. The van der Waals surface area contributed by atoms with Crippen molar-refractivity contribution >= 4 is 28.4 Å². The number of anilines is 1. The number of nitrogens with zero attached hydrogens (tertiary/aromatic N) is 6. The maximum absolute atomic E-state index is 13.2. The van der Waals surface area contributed by atoms with Crippen molar-refractivity contribution in [3.63, 3.8) is 0 Å². The van der Waals surface area contributed by atoms with Gasteiger partial charge in [-0.3, -0.25) is 19.6 Å². The van der Waals surface area contributed by atoms with E-state index in [0.717, 1.165) is 41.8 Å². The largest absolute Gasteiger partial charge is 0.368 e. The van der Waals surface area contributed by atoms with Crippen molar-refractivity contribution in [2.45, 2.75) is 12.5 Å². The van der Waals surface area contributed by atoms with Gasteiger partial charge in [-0.1, -0.05) is 0 Å². The zero-order valence-electron chi connectivity index (χ0n) is 17.7. The monoisotopic (exact) mass is 436 g/mol. The number of hydrogen-bond donors (Lipinski definition) is 0. The van der Waals surface area contributed by atoms with Crippen molar-refractivity contribution in [2.24, 2.45) is 0 Å². The quantitative estimate of drug-likeness (QED) is 0.394. The summed E-state index contributed by atoms with van der Waals surface area (Å²) in [5, 5.41) is 1.50. The van der Waals surface area contributed by atoms with Crippen molar-refractivity contribution in [1.29, 1.82) is 0 Å². The molecule has 0 spiro atoms. The lowest BCUT2D eigenvalue weighted by Crippen LogP contribution is -2.45. The van der Waals surface area contributed by atoms with E-state index >= 15 is 0 Å². The Balaban J connectivity index is 1.29. The fourth-order valence-corrected chi connectivity index (χ4v) is 4.47. The summed E-state index contributed by atoms with van der Waals surface area (Å²) >= 11 is 0. The van der Waals surface area contributed by atoms with Gasteiger partial charge in [0.05, 0.1) is 29.5 Å². The van der Waals surface area contributed by atoms with E-state index in [2.05, 4.69) is 32.0 Å². The molecule has 1 fully saturated rings. The Bertz CT molecular complexity index is 1550. The number of hydrogen-bond acceptors (Lipinski definition) is 6. The molecule has 0 N–H and O–H groups in total. The van der Waals surface area contributed by atoms with Gasteiger partial charge in [0, 0.05) is 67.1 Å². The molecule has 1 aliphatic rings. The van der Waals surface area contributed by atoms with E-state index in [1.807, 2.05) is 37.1 Å². The molecule has 0 bridgehead atoms. The number of aldehydes is 1. The third kappa shape index (κ3) is 3.36. The first-order chi connectivity index (χ1) is 16.2. The number of rotatable bonds is 5. The topological polar surface area (TPSA) is 85.4 Å². The van der Waals surface area contributed by atoms with Crippen LogP contribution in [0.4, 0.5) is 5.69 Å². The second-order valence-electron chi connectivity index (χ2n) is 8.33. The molecule has 5 aromatic heterocycles. The highest BCUT2D eigenvalue weighted by molar-refractivity contribution is 5.93. The summed E-state index contributed by atoms with van der Waals surface area (Å²) in [6.07, 6.45) is 13.3. The standard InChI is InChI=1S/C25H20N6O2/c32-16-17-1-2-24-28-20(15-31(24)11-17)14-29-8-5-21-22(25(29)33)9-27-10-23(21)30-12-19(13-30)18-3-6-26-7-4-18/h1-11,15-16,19H,12-14H2. The highest BCUT2D eigenvalue weighted by atomic mass is 16.1. The van der Waals surface area contributed by atoms with Crippen molar-refractivity contribution < 1.29 is 4.79 Å². The van der Waals surface area contributed by atoms with Gasteiger partial charge in [0.2, 0.25) is 0 Å². The summed E-state index contributed by atoms with van der Waals surface area (Å²) in [5.74, 6) is 0.457. The molecule has 1 aliphatic heterocycles. The zero-order valence-corrected chi connectivity index (χ0v) is 17.7. The van der Waals surface area contributed by atoms with E-state index in [9.17, 15) is 9.59 Å². The molecule has 0 radical (unpaired) electrons. The van der Waals surface area contributed by atoms with Gasteiger partial charge in [0.25, 0.3) is 5.56 Å². The number of aromatic nitrogens is 5. The van der Waals surface area contributed by atoms with Gasteiger partial charge in [-0.25, -0.2) is 4.98 Å². The van der Waals surface area contributed by atoms with Gasteiger partial charge in [-0.2, -0.15) is 0 Å². The summed E-state index contributed by atoms with van der Waals surface area (Å²) in [7, 11) is 0. The molecule has 162 valence electrons. The zero-order chi connectivity index (χ0) is 22.4. The average Bonchev–Trinajstić information content (AvgIpc) is 3.22. The van der Waals surface area contributed by atoms with Gasteiger partial charge in [0.1, 0.15) is 5.65 Å². The van der Waals surface area contributed by atoms with E-state index < -0.39 is 0 Å². The number of carbonyl (C=O) groups excluding carboxylic acids is 1. The summed E-state index contributed by atoms with van der Waals surface area (Å²) < 4.78 is 3.44. The summed E-state index contributed by atoms with van der Waals surface area (Å²) in [6.45, 7) is 2.11. The van der Waals surface area contributed by atoms with Crippen LogP contribution < -0.4 is 10.5 Å².